The van der Waals surface area contributed by atoms with Crippen LogP contribution < -0.4 is 9.80 Å². The van der Waals surface area contributed by atoms with E-state index in [1.54, 1.807) is 48.5 Å². The second-order valence-corrected chi connectivity index (χ2v) is 18.2. The Balaban J connectivity index is 0.974. The zero-order valence-electron chi connectivity index (χ0n) is 40.2. The Morgan fingerprint density at radius 2 is 0.459 bits per heavy atom. The van der Waals surface area contributed by atoms with Crippen LogP contribution in [0.15, 0.2) is 249 Å². The van der Waals surface area contributed by atoms with Crippen molar-refractivity contribution in [1.29, 1.82) is 0 Å². The Labute approximate surface area is 425 Å². The van der Waals surface area contributed by atoms with Gasteiger partial charge in [-0.3, -0.25) is 0 Å². The van der Waals surface area contributed by atoms with Crippen LogP contribution >= 0.6 is 0 Å². The minimum absolute atomic E-state index is 0.00435. The number of para-hydroxylation sites is 4. The monoisotopic (exact) mass is 987 g/mol. The van der Waals surface area contributed by atoms with Gasteiger partial charge in [-0.05, 0) is 109 Å². The van der Waals surface area contributed by atoms with E-state index in [0.29, 0.717) is 28.1 Å². The molecular weight excluding hydrogens is 941 g/mol. The smallest absolute Gasteiger partial charge is 0.311 e. The summed E-state index contributed by atoms with van der Waals surface area (Å²) < 4.78 is 92.9. The van der Waals surface area contributed by atoms with Gasteiger partial charge in [-0.2, -0.15) is 26.3 Å². The van der Waals surface area contributed by atoms with E-state index in [9.17, 15) is 0 Å². The normalized spacial score (nSPS) is 13.4. The molecule has 0 saturated heterocycles. The highest BCUT2D eigenvalue weighted by atomic mass is 19.4. The Bertz CT molecular complexity index is 3160. The Kier molecular flexibility index (Phi) is 13.2. The molecule has 0 aliphatic heterocycles. The Hall–Kier alpha value is -8.83. The summed E-state index contributed by atoms with van der Waals surface area (Å²) in [5.74, 6) is 0.619. The van der Waals surface area contributed by atoms with Crippen molar-refractivity contribution < 1.29 is 26.3 Å². The molecule has 0 saturated carbocycles. The lowest BCUT2D eigenvalue weighted by Crippen LogP contribution is -2.40. The zero-order valence-corrected chi connectivity index (χ0v) is 40.2. The quantitative estimate of drug-likeness (QED) is 0.108. The van der Waals surface area contributed by atoms with Gasteiger partial charge in [0.15, 0.2) is 17.5 Å². The van der Waals surface area contributed by atoms with Crippen LogP contribution in [0.4, 0.5) is 60.5 Å². The van der Waals surface area contributed by atoms with Crippen molar-refractivity contribution in [3.8, 4) is 34.2 Å². The molecule has 0 fully saturated rings. The van der Waals surface area contributed by atoms with Crippen LogP contribution in [0.1, 0.15) is 36.1 Å². The fourth-order valence-electron chi connectivity index (χ4n) is 9.33. The van der Waals surface area contributed by atoms with Crippen LogP contribution in [0.25, 0.3) is 34.2 Å². The van der Waals surface area contributed by atoms with Crippen molar-refractivity contribution in [2.75, 3.05) is 9.80 Å². The van der Waals surface area contributed by atoms with Crippen molar-refractivity contribution in [3.63, 3.8) is 0 Å². The summed E-state index contributed by atoms with van der Waals surface area (Å²) in [4.78, 5) is 18.3. The average Bonchev–Trinajstić information content (AvgIpc) is 3.44. The van der Waals surface area contributed by atoms with Crippen molar-refractivity contribution >= 4 is 34.1 Å². The molecule has 0 aliphatic carbocycles. The molecule has 0 amide bonds. The number of halogens is 6. The summed E-state index contributed by atoms with van der Waals surface area (Å²) in [5.41, 5.74) is 1.56. The lowest BCUT2D eigenvalue weighted by Gasteiger charge is -2.34. The third-order valence-electron chi connectivity index (χ3n) is 13.7. The van der Waals surface area contributed by atoms with E-state index in [-0.39, 0.29) is 39.7 Å². The number of rotatable bonds is 13. The number of hydrogen-bond donors (Lipinski definition) is 0. The van der Waals surface area contributed by atoms with E-state index >= 15 is 26.3 Å². The molecule has 74 heavy (non-hydrogen) atoms. The van der Waals surface area contributed by atoms with Gasteiger partial charge in [0.05, 0.1) is 0 Å². The number of alkyl halides is 6. The molecule has 11 heteroatoms. The molecule has 10 rings (SSSR count). The van der Waals surface area contributed by atoms with Gasteiger partial charge < -0.3 is 9.80 Å². The number of aromatic nitrogens is 3. The molecular formula is C63H47F6N5. The summed E-state index contributed by atoms with van der Waals surface area (Å²) >= 11 is 0. The van der Waals surface area contributed by atoms with Crippen molar-refractivity contribution in [3.05, 3.63) is 271 Å². The first kappa shape index (κ1) is 48.8. The van der Waals surface area contributed by atoms with Gasteiger partial charge >= 0.3 is 12.4 Å². The van der Waals surface area contributed by atoms with Crippen molar-refractivity contribution in [2.24, 2.45) is 0 Å². The van der Waals surface area contributed by atoms with Gasteiger partial charge in [0.2, 0.25) is 0 Å². The first-order valence-corrected chi connectivity index (χ1v) is 23.9. The Morgan fingerprint density at radius 1 is 0.257 bits per heavy atom. The van der Waals surface area contributed by atoms with Crippen LogP contribution in [0.5, 0.6) is 0 Å². The van der Waals surface area contributed by atoms with E-state index < -0.39 is 23.2 Å². The van der Waals surface area contributed by atoms with E-state index in [1.165, 1.54) is 62.4 Å². The van der Waals surface area contributed by atoms with E-state index in [4.69, 9.17) is 15.0 Å². The first-order valence-electron chi connectivity index (χ1n) is 23.9. The topological polar surface area (TPSA) is 45.2 Å². The molecule has 9 aromatic carbocycles. The highest BCUT2D eigenvalue weighted by Crippen LogP contribution is 2.49. The lowest BCUT2D eigenvalue weighted by molar-refractivity contribution is -0.173. The SMILES string of the molecule is CC(c1ccc(-c2nc(-c3ccccc3)nc(-c3ccc(C(C)(c4ccc(N(c5ccccc5)c5ccccc5)cc4)C(F)(F)F)cc3)n2)cc1)(c1ccc(N(c2ccccc2)c2ccccc2)cc1)C(F)(F)F. The van der Waals surface area contributed by atoms with Crippen LogP contribution in [0, 0.1) is 0 Å². The molecule has 2 unspecified atom stereocenters. The van der Waals surface area contributed by atoms with Gasteiger partial charge in [0, 0.05) is 50.8 Å². The second-order valence-electron chi connectivity index (χ2n) is 18.2. The molecule has 0 aliphatic rings. The van der Waals surface area contributed by atoms with E-state index in [1.807, 2.05) is 161 Å². The van der Waals surface area contributed by atoms with Crippen molar-refractivity contribution in [2.45, 2.75) is 37.0 Å². The highest BCUT2D eigenvalue weighted by molar-refractivity contribution is 5.78. The van der Waals surface area contributed by atoms with Crippen LogP contribution in [-0.2, 0) is 10.8 Å². The standard InChI is InChI=1S/C63H47F6N5/c1-60(62(64,65)66,49-36-40-55(41-37-49)73(51-20-10-4-11-21-51)52-22-12-5-13-23-52)47-32-28-45(29-33-47)58-70-57(44-18-8-3-9-19-44)71-59(72-58)46-30-34-48(35-31-46)61(2,63(67,68)69)50-38-42-56(43-39-50)74(53-24-14-6-15-25-53)54-26-16-7-17-27-54/h3-43H,1-2H3. The maximum atomic E-state index is 15.5. The molecule has 366 valence electrons. The second kappa shape index (κ2) is 20.0. The molecule has 1 aromatic heterocycles. The summed E-state index contributed by atoms with van der Waals surface area (Å²) in [6.45, 7) is 2.34. The molecule has 0 radical (unpaired) electrons. The summed E-state index contributed by atoms with van der Waals surface area (Å²) in [6, 6.07) is 72.3. The molecule has 0 N–H and O–H groups in total. The predicted octanol–water partition coefficient (Wildman–Crippen LogP) is 17.5. The molecule has 0 bridgehead atoms. The lowest BCUT2D eigenvalue weighted by atomic mass is 9.75. The van der Waals surface area contributed by atoms with Crippen LogP contribution in [0.2, 0.25) is 0 Å². The molecule has 2 atom stereocenters. The highest BCUT2D eigenvalue weighted by Gasteiger charge is 2.54. The third-order valence-corrected chi connectivity index (χ3v) is 13.7. The van der Waals surface area contributed by atoms with Gasteiger partial charge in [0.25, 0.3) is 0 Å². The molecule has 5 nitrogen and oxygen atoms in total. The largest absolute Gasteiger partial charge is 0.402 e. The fourth-order valence-corrected chi connectivity index (χ4v) is 9.33. The van der Waals surface area contributed by atoms with Gasteiger partial charge in [-0.15, -0.1) is 0 Å². The van der Waals surface area contributed by atoms with Gasteiger partial charge in [-0.1, -0.05) is 176 Å². The first-order chi connectivity index (χ1) is 35.7. The molecule has 1 heterocycles. The summed E-state index contributed by atoms with van der Waals surface area (Å²) in [6.07, 6.45) is -9.39. The van der Waals surface area contributed by atoms with E-state index in [2.05, 4.69) is 0 Å². The molecule has 10 aromatic rings. The predicted molar refractivity (Wildman–Crippen MR) is 283 cm³/mol. The average molecular weight is 988 g/mol. The minimum Gasteiger partial charge on any atom is -0.311 e. The third kappa shape index (κ3) is 9.40. The Morgan fingerprint density at radius 3 is 0.703 bits per heavy atom. The molecule has 0 spiro atoms. The van der Waals surface area contributed by atoms with Gasteiger partial charge in [0.1, 0.15) is 10.8 Å². The number of hydrogen-bond acceptors (Lipinski definition) is 5. The number of benzene rings is 9. The maximum absolute atomic E-state index is 15.5. The van der Waals surface area contributed by atoms with Crippen molar-refractivity contribution in [1.82, 2.24) is 15.0 Å². The van der Waals surface area contributed by atoms with E-state index in [0.717, 1.165) is 22.7 Å². The summed E-state index contributed by atoms with van der Waals surface area (Å²) in [5, 5.41) is 0. The zero-order chi connectivity index (χ0) is 51.5. The fraction of sp³-hybridized carbons (Fsp3) is 0.0952. The number of anilines is 6. The summed E-state index contributed by atoms with van der Waals surface area (Å²) in [7, 11) is 0. The minimum atomic E-state index is -4.70. The number of nitrogens with zero attached hydrogens (tertiary/aromatic N) is 5. The van der Waals surface area contributed by atoms with Gasteiger partial charge in [-0.25, -0.2) is 15.0 Å². The van der Waals surface area contributed by atoms with Crippen LogP contribution in [-0.4, -0.2) is 27.3 Å². The van der Waals surface area contributed by atoms with Crippen LogP contribution in [0.3, 0.4) is 0 Å². The maximum Gasteiger partial charge on any atom is 0.402 e.